The normalized spacial score (nSPS) is 13.2. The molecule has 0 spiro atoms. The van der Waals surface area contributed by atoms with Crippen molar-refractivity contribution in [2.45, 2.75) is 26.0 Å². The van der Waals surface area contributed by atoms with Crippen molar-refractivity contribution in [3.63, 3.8) is 0 Å². The van der Waals surface area contributed by atoms with Gasteiger partial charge in [-0.05, 0) is 42.3 Å². The number of benzene rings is 3. The predicted octanol–water partition coefficient (Wildman–Crippen LogP) is 4.48. The van der Waals surface area contributed by atoms with Gasteiger partial charge in [-0.25, -0.2) is 0 Å². The molecule has 2 atom stereocenters. The van der Waals surface area contributed by atoms with Crippen LogP contribution in [0.3, 0.4) is 0 Å². The summed E-state index contributed by atoms with van der Waals surface area (Å²) in [6.07, 6.45) is -0.558. The van der Waals surface area contributed by atoms with Gasteiger partial charge in [0.25, 0.3) is 5.91 Å². The maximum Gasteiger partial charge on any atom is 0.261 e. The van der Waals surface area contributed by atoms with Crippen molar-refractivity contribution in [1.82, 2.24) is 5.32 Å². The fraction of sp³-hybridized carbons (Fsp3) is 0.190. The molecular formula is C21H21NO2. The Morgan fingerprint density at radius 2 is 1.54 bits per heavy atom. The van der Waals surface area contributed by atoms with Crippen LogP contribution in [-0.4, -0.2) is 12.0 Å². The summed E-state index contributed by atoms with van der Waals surface area (Å²) in [7, 11) is 0. The predicted molar refractivity (Wildman–Crippen MR) is 97.0 cm³/mol. The lowest BCUT2D eigenvalue weighted by Crippen LogP contribution is -2.37. The minimum atomic E-state index is -0.558. The standard InChI is InChI=1S/C21H21NO2/c1-15(17-8-4-3-5-9-17)22-21(23)16(2)24-20-13-12-18-10-6-7-11-19(18)14-20/h3-16H,1-2H3,(H,22,23)/t15-,16-/m1/s1. The zero-order chi connectivity index (χ0) is 16.9. The first-order valence-corrected chi connectivity index (χ1v) is 8.14. The van der Waals surface area contributed by atoms with Crippen molar-refractivity contribution in [3.05, 3.63) is 78.4 Å². The maximum atomic E-state index is 12.4. The molecule has 0 unspecified atom stereocenters. The van der Waals surface area contributed by atoms with Gasteiger partial charge in [-0.2, -0.15) is 0 Å². The van der Waals surface area contributed by atoms with Crippen LogP contribution in [0.5, 0.6) is 5.75 Å². The highest BCUT2D eigenvalue weighted by Gasteiger charge is 2.17. The Kier molecular flexibility index (Phi) is 4.80. The number of amides is 1. The van der Waals surface area contributed by atoms with Crippen LogP contribution in [-0.2, 0) is 4.79 Å². The summed E-state index contributed by atoms with van der Waals surface area (Å²) >= 11 is 0. The average Bonchev–Trinajstić information content (AvgIpc) is 2.62. The van der Waals surface area contributed by atoms with Crippen LogP contribution in [0.4, 0.5) is 0 Å². The summed E-state index contributed by atoms with van der Waals surface area (Å²) in [5.74, 6) is 0.572. The van der Waals surface area contributed by atoms with Crippen molar-refractivity contribution < 1.29 is 9.53 Å². The van der Waals surface area contributed by atoms with Gasteiger partial charge in [-0.1, -0.05) is 60.7 Å². The van der Waals surface area contributed by atoms with Gasteiger partial charge in [0.1, 0.15) is 5.75 Å². The summed E-state index contributed by atoms with van der Waals surface area (Å²) < 4.78 is 5.81. The third-order valence-corrected chi connectivity index (χ3v) is 4.06. The van der Waals surface area contributed by atoms with Crippen LogP contribution < -0.4 is 10.1 Å². The van der Waals surface area contributed by atoms with Crippen molar-refractivity contribution in [1.29, 1.82) is 0 Å². The molecular weight excluding hydrogens is 298 g/mol. The van der Waals surface area contributed by atoms with Gasteiger partial charge >= 0.3 is 0 Å². The second kappa shape index (κ2) is 7.18. The molecule has 1 amide bonds. The molecule has 3 aromatic carbocycles. The van der Waals surface area contributed by atoms with E-state index in [1.165, 1.54) is 0 Å². The lowest BCUT2D eigenvalue weighted by atomic mass is 10.1. The molecule has 0 aromatic heterocycles. The molecule has 24 heavy (non-hydrogen) atoms. The fourth-order valence-electron chi connectivity index (χ4n) is 2.65. The smallest absolute Gasteiger partial charge is 0.261 e. The molecule has 0 radical (unpaired) electrons. The van der Waals surface area contributed by atoms with Crippen LogP contribution in [0.1, 0.15) is 25.5 Å². The van der Waals surface area contributed by atoms with E-state index < -0.39 is 6.10 Å². The summed E-state index contributed by atoms with van der Waals surface area (Å²) in [6.45, 7) is 3.73. The van der Waals surface area contributed by atoms with Gasteiger partial charge < -0.3 is 10.1 Å². The molecule has 0 bridgehead atoms. The van der Waals surface area contributed by atoms with E-state index >= 15 is 0 Å². The third-order valence-electron chi connectivity index (χ3n) is 4.06. The number of carbonyl (C=O) groups is 1. The summed E-state index contributed by atoms with van der Waals surface area (Å²) in [4.78, 5) is 12.4. The molecule has 0 saturated carbocycles. The number of rotatable bonds is 5. The molecule has 3 rings (SSSR count). The number of ether oxygens (including phenoxy) is 1. The zero-order valence-electron chi connectivity index (χ0n) is 13.9. The Balaban J connectivity index is 1.64. The molecule has 0 saturated heterocycles. The van der Waals surface area contributed by atoms with Crippen molar-refractivity contribution in [3.8, 4) is 5.75 Å². The third kappa shape index (κ3) is 3.74. The lowest BCUT2D eigenvalue weighted by molar-refractivity contribution is -0.127. The largest absolute Gasteiger partial charge is 0.481 e. The first-order valence-electron chi connectivity index (χ1n) is 8.14. The van der Waals surface area contributed by atoms with E-state index in [1.54, 1.807) is 6.92 Å². The lowest BCUT2D eigenvalue weighted by Gasteiger charge is -2.19. The second-order valence-electron chi connectivity index (χ2n) is 5.91. The highest BCUT2D eigenvalue weighted by molar-refractivity contribution is 5.84. The Bertz CT molecular complexity index is 829. The van der Waals surface area contributed by atoms with Gasteiger partial charge in [-0.15, -0.1) is 0 Å². The van der Waals surface area contributed by atoms with Gasteiger partial charge in [0, 0.05) is 0 Å². The summed E-state index contributed by atoms with van der Waals surface area (Å²) in [5, 5.41) is 5.24. The van der Waals surface area contributed by atoms with Gasteiger partial charge in [0.2, 0.25) is 0 Å². The minimum absolute atomic E-state index is 0.0543. The Morgan fingerprint density at radius 3 is 2.29 bits per heavy atom. The van der Waals surface area contributed by atoms with E-state index in [4.69, 9.17) is 4.74 Å². The number of fused-ring (bicyclic) bond motifs is 1. The number of carbonyl (C=O) groups excluding carboxylic acids is 1. The molecule has 0 heterocycles. The van der Waals surface area contributed by atoms with Crippen LogP contribution in [0.2, 0.25) is 0 Å². The van der Waals surface area contributed by atoms with Crippen LogP contribution in [0, 0.1) is 0 Å². The molecule has 3 heteroatoms. The first kappa shape index (κ1) is 16.1. The molecule has 1 N–H and O–H groups in total. The molecule has 3 nitrogen and oxygen atoms in total. The fourth-order valence-corrected chi connectivity index (χ4v) is 2.65. The highest BCUT2D eigenvalue weighted by atomic mass is 16.5. The van der Waals surface area contributed by atoms with E-state index in [0.717, 1.165) is 16.3 Å². The Hall–Kier alpha value is -2.81. The highest BCUT2D eigenvalue weighted by Crippen LogP contribution is 2.21. The Morgan fingerprint density at radius 1 is 0.875 bits per heavy atom. The molecule has 0 aliphatic carbocycles. The van der Waals surface area contributed by atoms with E-state index in [0.29, 0.717) is 5.75 Å². The molecule has 0 aliphatic heterocycles. The summed E-state index contributed by atoms with van der Waals surface area (Å²) in [6, 6.07) is 23.8. The van der Waals surface area contributed by atoms with Crippen LogP contribution >= 0.6 is 0 Å². The quantitative estimate of drug-likeness (QED) is 0.753. The maximum absolute atomic E-state index is 12.4. The molecule has 122 valence electrons. The van der Waals surface area contributed by atoms with E-state index in [9.17, 15) is 4.79 Å². The average molecular weight is 319 g/mol. The van der Waals surface area contributed by atoms with E-state index in [1.807, 2.05) is 73.7 Å². The van der Waals surface area contributed by atoms with Gasteiger partial charge in [0.05, 0.1) is 6.04 Å². The zero-order valence-corrected chi connectivity index (χ0v) is 13.9. The van der Waals surface area contributed by atoms with Crippen molar-refractivity contribution in [2.24, 2.45) is 0 Å². The number of hydrogen-bond acceptors (Lipinski definition) is 2. The van der Waals surface area contributed by atoms with E-state index in [2.05, 4.69) is 11.4 Å². The molecule has 3 aromatic rings. The SMILES string of the molecule is C[C@@H](Oc1ccc2ccccc2c1)C(=O)N[C@H](C)c1ccccc1. The summed E-state index contributed by atoms with van der Waals surface area (Å²) in [5.41, 5.74) is 1.07. The molecule has 0 aliphatic rings. The second-order valence-corrected chi connectivity index (χ2v) is 5.91. The van der Waals surface area contributed by atoms with Crippen molar-refractivity contribution >= 4 is 16.7 Å². The van der Waals surface area contributed by atoms with Crippen molar-refractivity contribution in [2.75, 3.05) is 0 Å². The molecule has 0 fully saturated rings. The van der Waals surface area contributed by atoms with Crippen LogP contribution in [0.15, 0.2) is 72.8 Å². The van der Waals surface area contributed by atoms with E-state index in [-0.39, 0.29) is 11.9 Å². The van der Waals surface area contributed by atoms with Crippen LogP contribution in [0.25, 0.3) is 10.8 Å². The Labute approximate surface area is 142 Å². The number of nitrogens with one attached hydrogen (secondary N) is 1. The number of hydrogen-bond donors (Lipinski definition) is 1. The monoisotopic (exact) mass is 319 g/mol. The van der Waals surface area contributed by atoms with Gasteiger partial charge in [0.15, 0.2) is 6.10 Å². The van der Waals surface area contributed by atoms with Gasteiger partial charge in [-0.3, -0.25) is 4.79 Å². The first-order chi connectivity index (χ1) is 11.6. The topological polar surface area (TPSA) is 38.3 Å². The minimum Gasteiger partial charge on any atom is -0.481 e.